The number of carbonyl (C=O) groups is 3. The Hall–Kier alpha value is -3.93. The Kier molecular flexibility index (Phi) is 8.74. The number of likely N-dealkylation sites (tertiary alicyclic amines) is 1. The molecule has 2 aromatic rings. The molecule has 6 atom stereocenters. The van der Waals surface area contributed by atoms with Crippen LogP contribution in [0.15, 0.2) is 54.3 Å². The predicted molar refractivity (Wildman–Crippen MR) is 168 cm³/mol. The molecule has 4 N–H and O–H groups in total. The van der Waals surface area contributed by atoms with Gasteiger partial charge in [-0.2, -0.15) is 0 Å². The molecule has 1 saturated heterocycles. The molecule has 11 nitrogen and oxygen atoms in total. The van der Waals surface area contributed by atoms with Crippen molar-refractivity contribution >= 4 is 17.8 Å². The van der Waals surface area contributed by atoms with Crippen molar-refractivity contribution in [3.63, 3.8) is 0 Å². The summed E-state index contributed by atoms with van der Waals surface area (Å²) in [7, 11) is 2.00. The molecule has 1 spiro atoms. The highest BCUT2D eigenvalue weighted by Crippen LogP contribution is 2.64. The number of esters is 2. The lowest BCUT2D eigenvalue weighted by Crippen LogP contribution is -2.69. The van der Waals surface area contributed by atoms with Gasteiger partial charge in [-0.1, -0.05) is 43.8 Å². The van der Waals surface area contributed by atoms with E-state index in [1.165, 1.54) is 0 Å². The summed E-state index contributed by atoms with van der Waals surface area (Å²) in [6.07, 6.45) is 0.662. The summed E-state index contributed by atoms with van der Waals surface area (Å²) in [5.74, 6) is -2.16. The number of aromatic hydroxyl groups is 1. The number of nitrogens with zero attached hydrogens (tertiary/aromatic N) is 1. The van der Waals surface area contributed by atoms with Gasteiger partial charge in [0, 0.05) is 18.0 Å². The number of phenols is 1. The van der Waals surface area contributed by atoms with Crippen LogP contribution in [0, 0.1) is 0 Å². The van der Waals surface area contributed by atoms with Crippen LogP contribution >= 0.6 is 0 Å². The number of aliphatic hydroxyl groups excluding tert-OH is 1. The summed E-state index contributed by atoms with van der Waals surface area (Å²) >= 11 is 0. The summed E-state index contributed by atoms with van der Waals surface area (Å²) in [6, 6.07) is 10.0. The molecular weight excluding hydrogens is 592 g/mol. The van der Waals surface area contributed by atoms with Crippen molar-refractivity contribution in [1.82, 2.24) is 10.2 Å². The number of hydrogen-bond donors (Lipinski definition) is 4. The Bertz CT molecular complexity index is 1550. The molecule has 0 aromatic heterocycles. The van der Waals surface area contributed by atoms with E-state index in [1.807, 2.05) is 13.1 Å². The van der Waals surface area contributed by atoms with E-state index in [0.717, 1.165) is 24.1 Å². The maximum Gasteiger partial charge on any atom is 0.329 e. The third kappa shape index (κ3) is 5.44. The fourth-order valence-corrected chi connectivity index (χ4v) is 7.64. The number of nitrogens with one attached hydrogen (secondary N) is 1. The van der Waals surface area contributed by atoms with Crippen LogP contribution in [0.3, 0.4) is 0 Å². The lowest BCUT2D eigenvalue weighted by molar-refractivity contribution is -0.163. The van der Waals surface area contributed by atoms with Crippen LogP contribution in [-0.4, -0.2) is 81.0 Å². The zero-order valence-corrected chi connectivity index (χ0v) is 25.9. The first kappa shape index (κ1) is 33.4. The first-order valence-electron chi connectivity index (χ1n) is 15.4. The number of ether oxygens (including phenoxy) is 3. The minimum Gasteiger partial charge on any atom is -0.504 e. The molecular formula is C35H44N2O9. The second kappa shape index (κ2) is 12.0. The van der Waals surface area contributed by atoms with Crippen molar-refractivity contribution in [1.29, 1.82) is 0 Å². The Balaban J connectivity index is 0.00000417. The Morgan fingerprint density at radius 1 is 1.15 bits per heavy atom. The lowest BCUT2D eigenvalue weighted by atomic mass is 9.52. The highest BCUT2D eigenvalue weighted by atomic mass is 16.6. The van der Waals surface area contributed by atoms with Crippen LogP contribution < -0.4 is 10.1 Å². The molecule has 1 amide bonds. The van der Waals surface area contributed by atoms with Gasteiger partial charge in [0.2, 0.25) is 0 Å². The molecule has 2 aliphatic heterocycles. The van der Waals surface area contributed by atoms with Crippen LogP contribution in [0.1, 0.15) is 76.7 Å². The number of amides is 1. The van der Waals surface area contributed by atoms with Gasteiger partial charge in [-0.05, 0) is 76.9 Å². The average molecular weight is 637 g/mol. The van der Waals surface area contributed by atoms with E-state index in [4.69, 9.17) is 14.2 Å². The molecule has 2 heterocycles. The van der Waals surface area contributed by atoms with Gasteiger partial charge in [0.05, 0.1) is 17.4 Å². The largest absolute Gasteiger partial charge is 0.504 e. The lowest BCUT2D eigenvalue weighted by Gasteiger charge is -2.56. The van der Waals surface area contributed by atoms with Crippen LogP contribution in [0.4, 0.5) is 0 Å². The summed E-state index contributed by atoms with van der Waals surface area (Å²) in [4.78, 5) is 41.8. The van der Waals surface area contributed by atoms with Crippen molar-refractivity contribution in [3.05, 3.63) is 71.0 Å². The third-order valence-electron chi connectivity index (χ3n) is 9.55. The fraction of sp³-hybridized carbons (Fsp3) is 0.514. The zero-order valence-electron chi connectivity index (χ0n) is 25.9. The van der Waals surface area contributed by atoms with Crippen molar-refractivity contribution < 1.29 is 43.9 Å². The van der Waals surface area contributed by atoms with Gasteiger partial charge in [0.15, 0.2) is 23.7 Å². The number of carbonyl (C=O) groups excluding carboxylic acids is 3. The molecule has 4 aliphatic rings. The highest BCUT2D eigenvalue weighted by molar-refractivity contribution is 5.90. The van der Waals surface area contributed by atoms with Gasteiger partial charge < -0.3 is 39.7 Å². The van der Waals surface area contributed by atoms with Crippen molar-refractivity contribution in [2.24, 2.45) is 0 Å². The molecule has 0 radical (unpaired) electrons. The number of phenolic OH excluding ortho intramolecular Hbond substituents is 1. The zero-order chi connectivity index (χ0) is 32.3. The van der Waals surface area contributed by atoms with Crippen molar-refractivity contribution in [2.75, 3.05) is 13.6 Å². The Morgan fingerprint density at radius 2 is 1.87 bits per heavy atom. The summed E-state index contributed by atoms with van der Waals surface area (Å²) in [5, 5.41) is 36.3. The number of benzene rings is 2. The first-order valence-corrected chi connectivity index (χ1v) is 15.4. The predicted octanol–water partition coefficient (Wildman–Crippen LogP) is 3.19. The smallest absolute Gasteiger partial charge is 0.329 e. The van der Waals surface area contributed by atoms with Gasteiger partial charge in [0.1, 0.15) is 17.4 Å². The molecule has 46 heavy (non-hydrogen) atoms. The summed E-state index contributed by atoms with van der Waals surface area (Å²) < 4.78 is 17.7. The minimum atomic E-state index is -1.58. The normalized spacial score (nSPS) is 27.4. The van der Waals surface area contributed by atoms with Crippen molar-refractivity contribution in [2.45, 2.75) is 101 Å². The maximum absolute atomic E-state index is 13.5. The Morgan fingerprint density at radius 3 is 2.57 bits per heavy atom. The average Bonchev–Trinajstić information content (AvgIpc) is 3.33. The molecule has 11 heteroatoms. The topological polar surface area (TPSA) is 155 Å². The molecule has 2 bridgehead atoms. The maximum atomic E-state index is 13.5. The molecule has 0 saturated carbocycles. The number of rotatable bonds is 7. The van der Waals surface area contributed by atoms with Gasteiger partial charge in [-0.3, -0.25) is 9.59 Å². The first-order chi connectivity index (χ1) is 21.2. The molecule has 0 unspecified atom stereocenters. The minimum absolute atomic E-state index is 0. The summed E-state index contributed by atoms with van der Waals surface area (Å²) in [5.41, 5.74) is -1.06. The van der Waals surface area contributed by atoms with Gasteiger partial charge in [-0.25, -0.2) is 4.79 Å². The second-order valence-corrected chi connectivity index (χ2v) is 13.5. The molecule has 248 valence electrons. The van der Waals surface area contributed by atoms with E-state index in [1.54, 1.807) is 63.2 Å². The molecule has 2 aliphatic carbocycles. The van der Waals surface area contributed by atoms with E-state index >= 15 is 0 Å². The quantitative estimate of drug-likeness (QED) is 0.333. The number of hydrogen-bond acceptors (Lipinski definition) is 10. The van der Waals surface area contributed by atoms with Gasteiger partial charge in [0.25, 0.3) is 5.91 Å². The standard InChI is InChI=1S/C34H40N2O9.CH4/c1-32(2,3)45-31(41)21(35-30(40)27(39)19-9-6-5-7-10-19)18-25(38)43-23-13-15-34(42)24-17-20-11-12-22(37)28-26(20)33(34,29(23)44-28)14-8-16-36(24)4;/h5-7,9-13,21,24,27,29,37,39,42H,8,14-18H2,1-4H3,(H,35,40);1H4/t21-,24+,27-,29-,33-,34+;/m0./s1. The molecule has 1 fully saturated rings. The van der Waals surface area contributed by atoms with Crippen LogP contribution in [0.25, 0.3) is 0 Å². The monoisotopic (exact) mass is 636 g/mol. The number of aliphatic hydroxyl groups is 2. The molecule has 6 rings (SSSR count). The van der Waals surface area contributed by atoms with Crippen LogP contribution in [0.5, 0.6) is 11.5 Å². The van der Waals surface area contributed by atoms with Gasteiger partial charge >= 0.3 is 11.9 Å². The van der Waals surface area contributed by atoms with E-state index in [0.29, 0.717) is 18.4 Å². The summed E-state index contributed by atoms with van der Waals surface area (Å²) in [6.45, 7) is 5.75. The number of likely N-dealkylation sites (N-methyl/N-ethyl adjacent to an activating group) is 1. The van der Waals surface area contributed by atoms with Crippen LogP contribution in [-0.2, 0) is 35.7 Å². The molecule has 2 aromatic carbocycles. The van der Waals surface area contributed by atoms with E-state index in [9.17, 15) is 29.7 Å². The van der Waals surface area contributed by atoms with E-state index in [2.05, 4.69) is 10.2 Å². The third-order valence-corrected chi connectivity index (χ3v) is 9.55. The SMILES string of the molecule is C.CN1CCC[C@]23c4c5ccc(O)c4O[C@H]2C(OC(=O)C[C@H](NC(=O)[C@@H](O)c2ccccc2)C(=O)OC(C)(C)C)=CC[C@@]3(O)[C@H]1C5. The highest BCUT2D eigenvalue weighted by Gasteiger charge is 2.71. The fourth-order valence-electron chi connectivity index (χ4n) is 7.64. The van der Waals surface area contributed by atoms with E-state index < -0.39 is 59.1 Å². The Labute approximate surface area is 269 Å². The van der Waals surface area contributed by atoms with E-state index in [-0.39, 0.29) is 37.1 Å². The van der Waals surface area contributed by atoms with Gasteiger partial charge in [-0.15, -0.1) is 0 Å². The van der Waals surface area contributed by atoms with Crippen LogP contribution in [0.2, 0.25) is 0 Å². The van der Waals surface area contributed by atoms with Crippen molar-refractivity contribution in [3.8, 4) is 11.5 Å². The second-order valence-electron chi connectivity index (χ2n) is 13.5.